The first kappa shape index (κ1) is 15.5. The highest BCUT2D eigenvalue weighted by Gasteiger charge is 2.26. The molecule has 6 heteroatoms. The molecule has 140 valence electrons. The van der Waals surface area contributed by atoms with Crippen LogP contribution in [0.15, 0.2) is 60.7 Å². The van der Waals surface area contributed by atoms with Crippen LogP contribution < -0.4 is 5.19 Å². The van der Waals surface area contributed by atoms with Crippen molar-refractivity contribution in [3.63, 3.8) is 0 Å². The molecule has 3 aromatic carbocycles. The Morgan fingerprint density at radius 2 is 1.10 bits per heavy atom. The minimum atomic E-state index is -1.53. The van der Waals surface area contributed by atoms with Gasteiger partial charge in [-0.25, -0.2) is 14.4 Å². The minimum Gasteiger partial charge on any atom is -0.276 e. The number of hydrogen-bond acceptors (Lipinski definition) is 2. The van der Waals surface area contributed by atoms with Crippen LogP contribution in [0.25, 0.3) is 50.2 Å². The maximum absolute atomic E-state index is 5.00. The van der Waals surface area contributed by atoms with E-state index in [1.54, 1.807) is 0 Å². The van der Waals surface area contributed by atoms with Crippen molar-refractivity contribution < 1.29 is 0 Å². The lowest BCUT2D eigenvalue weighted by Crippen LogP contribution is -2.37. The van der Waals surface area contributed by atoms with Crippen molar-refractivity contribution >= 4 is 63.4 Å². The van der Waals surface area contributed by atoms with Gasteiger partial charge in [-0.2, -0.15) is 0 Å². The number of aromatic nitrogens is 5. The van der Waals surface area contributed by atoms with Crippen molar-refractivity contribution in [3.05, 3.63) is 60.7 Å². The first-order valence-electron chi connectivity index (χ1n) is 9.97. The van der Waals surface area contributed by atoms with Gasteiger partial charge in [-0.05, 0) is 36.4 Å². The molecule has 0 saturated carbocycles. The van der Waals surface area contributed by atoms with Gasteiger partial charge in [-0.1, -0.05) is 49.1 Å². The average Bonchev–Trinajstić information content (AvgIpc) is 3.40. The molecule has 0 saturated heterocycles. The molecule has 0 aliphatic heterocycles. The molecule has 0 aliphatic carbocycles. The SMILES string of the molecule is C[Si](C)(C)c1cc2c3c(c1)n1c4ccccc4nc1n3c1nc3ccccc3n21. The third-order valence-electron chi connectivity index (χ3n) is 6.13. The van der Waals surface area contributed by atoms with Crippen molar-refractivity contribution in [1.29, 1.82) is 0 Å². The van der Waals surface area contributed by atoms with E-state index in [4.69, 9.17) is 9.97 Å². The average molecular weight is 394 g/mol. The lowest BCUT2D eigenvalue weighted by Gasteiger charge is -2.17. The van der Waals surface area contributed by atoms with E-state index in [0.29, 0.717) is 0 Å². The molecule has 0 atom stereocenters. The van der Waals surface area contributed by atoms with Crippen LogP contribution in [0.4, 0.5) is 0 Å². The number of para-hydroxylation sites is 4. The van der Waals surface area contributed by atoms with E-state index in [1.807, 2.05) is 0 Å². The molecule has 0 aliphatic rings. The van der Waals surface area contributed by atoms with E-state index in [1.165, 1.54) is 21.7 Å². The van der Waals surface area contributed by atoms with Gasteiger partial charge in [-0.15, -0.1) is 0 Å². The largest absolute Gasteiger partial charge is 0.276 e. The van der Waals surface area contributed by atoms with Gasteiger partial charge >= 0.3 is 0 Å². The van der Waals surface area contributed by atoms with Gasteiger partial charge in [0.25, 0.3) is 0 Å². The van der Waals surface area contributed by atoms with Crippen LogP contribution in [0.5, 0.6) is 0 Å². The van der Waals surface area contributed by atoms with Crippen molar-refractivity contribution in [2.24, 2.45) is 0 Å². The topological polar surface area (TPSA) is 39.0 Å². The number of rotatable bonds is 1. The first-order chi connectivity index (χ1) is 14.0. The molecule has 0 N–H and O–H groups in total. The summed E-state index contributed by atoms with van der Waals surface area (Å²) < 4.78 is 6.85. The summed E-state index contributed by atoms with van der Waals surface area (Å²) in [6, 6.07) is 21.5. The van der Waals surface area contributed by atoms with Gasteiger partial charge < -0.3 is 0 Å². The Morgan fingerprint density at radius 3 is 1.59 bits per heavy atom. The molecule has 4 aromatic heterocycles. The van der Waals surface area contributed by atoms with Crippen LogP contribution in [0.2, 0.25) is 19.6 Å². The molecule has 5 nitrogen and oxygen atoms in total. The fraction of sp³-hybridized carbons (Fsp3) is 0.130. The van der Waals surface area contributed by atoms with Crippen LogP contribution in [-0.4, -0.2) is 31.2 Å². The smallest absolute Gasteiger partial charge is 0.223 e. The summed E-state index contributed by atoms with van der Waals surface area (Å²) in [6.45, 7) is 7.22. The molecular weight excluding hydrogens is 374 g/mol. The van der Waals surface area contributed by atoms with Crippen LogP contribution in [-0.2, 0) is 0 Å². The quantitative estimate of drug-likeness (QED) is 0.380. The summed E-state index contributed by atoms with van der Waals surface area (Å²) in [4.78, 5) is 10.0. The molecule has 0 fully saturated rings. The maximum atomic E-state index is 5.00. The third-order valence-corrected chi connectivity index (χ3v) is 8.15. The Balaban J connectivity index is 1.87. The first-order valence-corrected chi connectivity index (χ1v) is 13.5. The highest BCUT2D eigenvalue weighted by atomic mass is 28.3. The third kappa shape index (κ3) is 1.76. The number of imidazole rings is 4. The highest BCUT2D eigenvalue weighted by molar-refractivity contribution is 6.89. The zero-order valence-electron chi connectivity index (χ0n) is 16.5. The van der Waals surface area contributed by atoms with E-state index in [0.717, 1.165) is 33.6 Å². The number of nitrogens with zero attached hydrogens (tertiary/aromatic N) is 5. The highest BCUT2D eigenvalue weighted by Crippen LogP contribution is 2.34. The predicted molar refractivity (Wildman–Crippen MR) is 122 cm³/mol. The molecule has 7 rings (SSSR count). The van der Waals surface area contributed by atoms with E-state index in [2.05, 4.69) is 93.5 Å². The number of fused-ring (bicyclic) bond motifs is 10. The Bertz CT molecular complexity index is 1620. The van der Waals surface area contributed by atoms with Crippen LogP contribution >= 0.6 is 0 Å². The molecular formula is C23H19N5Si. The lowest BCUT2D eigenvalue weighted by molar-refractivity contribution is 1.15. The van der Waals surface area contributed by atoms with Crippen LogP contribution in [0.1, 0.15) is 0 Å². The molecule has 29 heavy (non-hydrogen) atoms. The van der Waals surface area contributed by atoms with Crippen LogP contribution in [0.3, 0.4) is 0 Å². The van der Waals surface area contributed by atoms with Gasteiger partial charge in [0.1, 0.15) is 5.52 Å². The fourth-order valence-corrected chi connectivity index (χ4v) is 5.84. The monoisotopic (exact) mass is 393 g/mol. The van der Waals surface area contributed by atoms with E-state index in [9.17, 15) is 0 Å². The van der Waals surface area contributed by atoms with Gasteiger partial charge in [0.15, 0.2) is 0 Å². The molecule has 0 unspecified atom stereocenters. The van der Waals surface area contributed by atoms with Gasteiger partial charge in [0.05, 0.1) is 41.2 Å². The molecule has 0 bridgehead atoms. The fourth-order valence-electron chi connectivity index (χ4n) is 4.70. The molecule has 0 spiro atoms. The second-order valence-corrected chi connectivity index (χ2v) is 14.0. The van der Waals surface area contributed by atoms with Crippen molar-refractivity contribution in [3.8, 4) is 0 Å². The normalized spacial score (nSPS) is 13.3. The summed E-state index contributed by atoms with van der Waals surface area (Å²) in [5.41, 5.74) is 7.97. The minimum absolute atomic E-state index is 0.934. The van der Waals surface area contributed by atoms with Gasteiger partial charge in [-0.3, -0.25) is 8.80 Å². The molecule has 0 radical (unpaired) electrons. The molecule has 0 amide bonds. The zero-order chi connectivity index (χ0) is 19.5. The molecule has 7 aromatic rings. The second-order valence-electron chi connectivity index (χ2n) is 8.92. The number of hydrogen-bond donors (Lipinski definition) is 0. The Morgan fingerprint density at radius 1 is 0.621 bits per heavy atom. The van der Waals surface area contributed by atoms with Crippen LogP contribution in [0, 0.1) is 0 Å². The van der Waals surface area contributed by atoms with E-state index >= 15 is 0 Å². The van der Waals surface area contributed by atoms with Crippen molar-refractivity contribution in [2.45, 2.75) is 19.6 Å². The lowest BCUT2D eigenvalue weighted by atomic mass is 10.2. The summed E-state index contributed by atoms with van der Waals surface area (Å²) in [5.74, 6) is 1.87. The molecule has 4 heterocycles. The Hall–Kier alpha value is -3.38. The van der Waals surface area contributed by atoms with Crippen molar-refractivity contribution in [1.82, 2.24) is 23.2 Å². The van der Waals surface area contributed by atoms with Crippen molar-refractivity contribution in [2.75, 3.05) is 0 Å². The Kier molecular flexibility index (Phi) is 2.56. The summed E-state index contributed by atoms with van der Waals surface area (Å²) in [6.07, 6.45) is 0. The number of benzene rings is 3. The second kappa shape index (κ2) is 4.78. The van der Waals surface area contributed by atoms with Gasteiger partial charge in [0.2, 0.25) is 11.6 Å². The van der Waals surface area contributed by atoms with E-state index < -0.39 is 8.07 Å². The summed E-state index contributed by atoms with van der Waals surface area (Å²) in [7, 11) is -1.53. The van der Waals surface area contributed by atoms with E-state index in [-0.39, 0.29) is 0 Å². The van der Waals surface area contributed by atoms with Gasteiger partial charge in [0, 0.05) is 0 Å². The Labute approximate surface area is 167 Å². The standard InChI is InChI=1S/C23H19N5Si/c1-29(2,3)14-12-19-21-20(13-14)27-18-11-7-5-9-16(18)25-23(27)28(21)22-24-15-8-4-6-10-17(15)26(19)22/h4-13H,1-3H3. The maximum Gasteiger partial charge on any atom is 0.223 e. The predicted octanol–water partition coefficient (Wildman–Crippen LogP) is 4.68. The summed E-state index contributed by atoms with van der Waals surface area (Å²) in [5, 5.41) is 1.45. The zero-order valence-corrected chi connectivity index (χ0v) is 17.5. The summed E-state index contributed by atoms with van der Waals surface area (Å²) >= 11 is 0.